The number of nitro groups is 1. The van der Waals surface area contributed by atoms with Crippen molar-refractivity contribution in [2.75, 3.05) is 13.2 Å². The zero-order chi connectivity index (χ0) is 19.8. The van der Waals surface area contributed by atoms with Gasteiger partial charge in [-0.1, -0.05) is 28.1 Å². The monoisotopic (exact) mass is 436 g/mol. The number of hydrogen-bond donors (Lipinski definition) is 1. The van der Waals surface area contributed by atoms with Gasteiger partial charge in [-0.05, 0) is 31.2 Å². The van der Waals surface area contributed by atoms with Gasteiger partial charge in [0.1, 0.15) is 25.0 Å². The van der Waals surface area contributed by atoms with Crippen molar-refractivity contribution < 1.29 is 24.0 Å². The Labute approximate surface area is 163 Å². The van der Waals surface area contributed by atoms with Crippen molar-refractivity contribution in [2.24, 2.45) is 0 Å². The lowest BCUT2D eigenvalue weighted by Crippen LogP contribution is -2.40. The zero-order valence-electron chi connectivity index (χ0n) is 14.4. The fraction of sp³-hybridized carbons (Fsp3) is 0.222. The second-order valence-electron chi connectivity index (χ2n) is 5.48. The molecule has 2 aromatic rings. The Bertz CT molecular complexity index is 842. The maximum absolute atomic E-state index is 12.1. The Kier molecular flexibility index (Phi) is 7.30. The molecule has 0 heterocycles. The Morgan fingerprint density at radius 3 is 2.63 bits per heavy atom. The van der Waals surface area contributed by atoms with Gasteiger partial charge in [-0.2, -0.15) is 0 Å². The Balaban J connectivity index is 1.78. The highest BCUT2D eigenvalue weighted by Gasteiger charge is 2.19. The van der Waals surface area contributed by atoms with Gasteiger partial charge in [-0.3, -0.25) is 14.9 Å². The van der Waals surface area contributed by atoms with Crippen LogP contribution in [-0.2, 0) is 9.53 Å². The van der Waals surface area contributed by atoms with Crippen molar-refractivity contribution in [3.05, 3.63) is 68.7 Å². The highest BCUT2D eigenvalue weighted by Crippen LogP contribution is 2.17. The minimum Gasteiger partial charge on any atom is -0.490 e. The highest BCUT2D eigenvalue weighted by atomic mass is 79.9. The number of amides is 1. The molecule has 0 unspecified atom stereocenters. The molecule has 0 radical (unpaired) electrons. The van der Waals surface area contributed by atoms with Crippen LogP contribution in [0.15, 0.2) is 53.0 Å². The first-order valence-electron chi connectivity index (χ1n) is 7.97. The maximum Gasteiger partial charge on any atom is 0.328 e. The van der Waals surface area contributed by atoms with Gasteiger partial charge in [-0.25, -0.2) is 4.79 Å². The number of non-ortho nitro benzene ring substituents is 1. The molecule has 142 valence electrons. The zero-order valence-corrected chi connectivity index (χ0v) is 16.0. The van der Waals surface area contributed by atoms with Crippen molar-refractivity contribution in [2.45, 2.75) is 13.0 Å². The molecule has 2 rings (SSSR count). The van der Waals surface area contributed by atoms with E-state index in [2.05, 4.69) is 21.2 Å². The van der Waals surface area contributed by atoms with Crippen molar-refractivity contribution in [1.29, 1.82) is 0 Å². The number of esters is 1. The van der Waals surface area contributed by atoms with Gasteiger partial charge in [0, 0.05) is 22.2 Å². The van der Waals surface area contributed by atoms with E-state index < -0.39 is 22.8 Å². The van der Waals surface area contributed by atoms with E-state index in [4.69, 9.17) is 9.47 Å². The van der Waals surface area contributed by atoms with E-state index in [-0.39, 0.29) is 24.5 Å². The summed E-state index contributed by atoms with van der Waals surface area (Å²) in [5, 5.41) is 13.2. The van der Waals surface area contributed by atoms with E-state index in [1.54, 1.807) is 12.1 Å². The molecule has 0 aliphatic heterocycles. The molecule has 0 bridgehead atoms. The fourth-order valence-corrected chi connectivity index (χ4v) is 2.46. The molecule has 0 aromatic heterocycles. The summed E-state index contributed by atoms with van der Waals surface area (Å²) in [6.45, 7) is 1.64. The van der Waals surface area contributed by atoms with E-state index in [9.17, 15) is 19.7 Å². The lowest BCUT2D eigenvalue weighted by molar-refractivity contribution is -0.384. The largest absolute Gasteiger partial charge is 0.490 e. The number of benzene rings is 2. The Morgan fingerprint density at radius 1 is 1.19 bits per heavy atom. The average Bonchev–Trinajstić information content (AvgIpc) is 2.65. The number of ether oxygens (including phenoxy) is 2. The molecule has 1 N–H and O–H groups in total. The Hall–Kier alpha value is -2.94. The molecule has 0 fully saturated rings. The number of nitrogens with one attached hydrogen (secondary N) is 1. The van der Waals surface area contributed by atoms with Crippen LogP contribution in [0.4, 0.5) is 5.69 Å². The third kappa shape index (κ3) is 6.37. The standard InChI is InChI=1S/C18H17BrN2O6/c1-12(20-17(22)13-4-2-6-15(10-13)21(24)25)18(23)27-9-8-26-16-7-3-5-14(19)11-16/h2-7,10-12H,8-9H2,1H3,(H,20,22)/t12-/m0/s1. The molecule has 1 atom stereocenters. The third-order valence-electron chi connectivity index (χ3n) is 3.41. The van der Waals surface area contributed by atoms with Crippen LogP contribution in [0.1, 0.15) is 17.3 Å². The highest BCUT2D eigenvalue weighted by molar-refractivity contribution is 9.10. The van der Waals surface area contributed by atoms with E-state index in [1.807, 2.05) is 12.1 Å². The first kappa shape index (κ1) is 20.4. The summed E-state index contributed by atoms with van der Waals surface area (Å²) in [6, 6.07) is 11.6. The molecule has 1 amide bonds. The molecule has 0 aliphatic rings. The van der Waals surface area contributed by atoms with E-state index in [0.717, 1.165) is 10.5 Å². The predicted octanol–water partition coefficient (Wildman–Crippen LogP) is 3.10. The van der Waals surface area contributed by atoms with Crippen molar-refractivity contribution in [3.63, 3.8) is 0 Å². The number of nitrogens with zero attached hydrogens (tertiary/aromatic N) is 1. The minimum absolute atomic E-state index is 0.0162. The summed E-state index contributed by atoms with van der Waals surface area (Å²) in [5.74, 6) is -0.604. The van der Waals surface area contributed by atoms with Crippen LogP contribution in [0.2, 0.25) is 0 Å². The number of halogens is 1. The van der Waals surface area contributed by atoms with E-state index >= 15 is 0 Å². The molecule has 8 nitrogen and oxygen atoms in total. The fourth-order valence-electron chi connectivity index (χ4n) is 2.08. The van der Waals surface area contributed by atoms with Crippen molar-refractivity contribution in [1.82, 2.24) is 5.32 Å². The van der Waals surface area contributed by atoms with Crippen LogP contribution >= 0.6 is 15.9 Å². The van der Waals surface area contributed by atoms with Gasteiger partial charge < -0.3 is 14.8 Å². The number of hydrogen-bond acceptors (Lipinski definition) is 6. The first-order chi connectivity index (χ1) is 12.9. The molecule has 0 spiro atoms. The van der Waals surface area contributed by atoms with Crippen molar-refractivity contribution in [3.8, 4) is 5.75 Å². The summed E-state index contributed by atoms with van der Waals surface area (Å²) < 4.78 is 11.4. The summed E-state index contributed by atoms with van der Waals surface area (Å²) in [4.78, 5) is 34.2. The van der Waals surface area contributed by atoms with Gasteiger partial charge in [0.25, 0.3) is 11.6 Å². The Morgan fingerprint density at radius 2 is 1.93 bits per heavy atom. The second kappa shape index (κ2) is 9.67. The van der Waals surface area contributed by atoms with Crippen LogP contribution in [0.25, 0.3) is 0 Å². The summed E-state index contributed by atoms with van der Waals surface area (Å²) in [7, 11) is 0. The van der Waals surface area contributed by atoms with Gasteiger partial charge in [0.05, 0.1) is 4.92 Å². The van der Waals surface area contributed by atoms with Gasteiger partial charge in [0.2, 0.25) is 0 Å². The molecule has 2 aromatic carbocycles. The number of carbonyl (C=O) groups is 2. The van der Waals surface area contributed by atoms with Gasteiger partial charge >= 0.3 is 5.97 Å². The van der Waals surface area contributed by atoms with E-state index in [1.165, 1.54) is 25.1 Å². The topological polar surface area (TPSA) is 108 Å². The molecule has 27 heavy (non-hydrogen) atoms. The molecule has 0 saturated carbocycles. The SMILES string of the molecule is C[C@H](NC(=O)c1cccc([N+](=O)[O-])c1)C(=O)OCCOc1cccc(Br)c1. The van der Waals surface area contributed by atoms with Crippen molar-refractivity contribution >= 4 is 33.5 Å². The lowest BCUT2D eigenvalue weighted by Gasteiger charge is -2.14. The summed E-state index contributed by atoms with van der Waals surface area (Å²) >= 11 is 3.32. The quantitative estimate of drug-likeness (QED) is 0.294. The van der Waals surface area contributed by atoms with Crippen LogP contribution < -0.4 is 10.1 Å². The van der Waals surface area contributed by atoms with E-state index in [0.29, 0.717) is 5.75 Å². The number of carbonyl (C=O) groups excluding carboxylic acids is 2. The molecular weight excluding hydrogens is 420 g/mol. The summed E-state index contributed by atoms with van der Waals surface area (Å²) in [6.07, 6.45) is 0. The molecule has 0 saturated heterocycles. The van der Waals surface area contributed by atoms with Crippen LogP contribution in [0.3, 0.4) is 0 Å². The first-order valence-corrected chi connectivity index (χ1v) is 8.76. The molecular formula is C18H17BrN2O6. The molecule has 9 heteroatoms. The lowest BCUT2D eigenvalue weighted by atomic mass is 10.2. The predicted molar refractivity (Wildman–Crippen MR) is 101 cm³/mol. The van der Waals surface area contributed by atoms with Crippen LogP contribution in [-0.4, -0.2) is 36.1 Å². The molecule has 0 aliphatic carbocycles. The normalized spacial score (nSPS) is 11.3. The second-order valence-corrected chi connectivity index (χ2v) is 6.39. The van der Waals surface area contributed by atoms with Crippen LogP contribution in [0, 0.1) is 10.1 Å². The minimum atomic E-state index is -0.914. The number of rotatable bonds is 8. The van der Waals surface area contributed by atoms with Gasteiger partial charge in [-0.15, -0.1) is 0 Å². The van der Waals surface area contributed by atoms with Crippen LogP contribution in [0.5, 0.6) is 5.75 Å². The number of nitro benzene ring substituents is 1. The summed E-state index contributed by atoms with van der Waals surface area (Å²) in [5.41, 5.74) is -0.121. The smallest absolute Gasteiger partial charge is 0.328 e. The maximum atomic E-state index is 12.1. The van der Waals surface area contributed by atoms with Gasteiger partial charge in [0.15, 0.2) is 0 Å². The average molecular weight is 437 g/mol. The third-order valence-corrected chi connectivity index (χ3v) is 3.91.